The molecule has 0 aromatic heterocycles. The van der Waals surface area contributed by atoms with Crippen LogP contribution in [0.1, 0.15) is 0 Å². The minimum Gasteiger partial charge on any atom is -0.221 e. The maximum Gasteiger partial charge on any atom is 0.511 e. The van der Waals surface area contributed by atoms with E-state index in [1.807, 2.05) is 0 Å². The maximum absolute atomic E-state index is 10.8. The Balaban J connectivity index is 0. The molecular weight excluding hydrogens is 183 g/mol. The van der Waals surface area contributed by atoms with Crippen molar-refractivity contribution in [2.24, 2.45) is 5.14 Å². The molecule has 0 aromatic carbocycles. The Hall–Kier alpha value is -0.0100. The maximum atomic E-state index is 10.8. The summed E-state index contributed by atoms with van der Waals surface area (Å²) in [6, 6.07) is 0. The second-order valence-electron chi connectivity index (χ2n) is 0.991. The zero-order valence-corrected chi connectivity index (χ0v) is 5.48. The molecule has 0 amide bonds. The smallest absolute Gasteiger partial charge is 0.221 e. The molecule has 0 radical (unpaired) electrons. The summed E-state index contributed by atoms with van der Waals surface area (Å²) in [7, 11) is -5.34. The lowest BCUT2D eigenvalue weighted by molar-refractivity contribution is -0.0436. The number of hydrogen-bond donors (Lipinski definition) is 1. The lowest BCUT2D eigenvalue weighted by Crippen LogP contribution is -2.30. The molecule has 3 nitrogen and oxygen atoms in total. The van der Waals surface area contributed by atoms with E-state index >= 15 is 0 Å². The number of hydrogen-bond acceptors (Lipinski definition) is 2. The molecule has 0 heterocycles. The molecule has 0 spiro atoms. The Bertz CT molecular complexity index is 171. The molecule has 0 aromatic rings. The average molecular weight is 186 g/mol. The Labute approximate surface area is 55.5 Å². The molecule has 0 aliphatic rings. The van der Waals surface area contributed by atoms with E-state index in [-0.39, 0.29) is 12.4 Å². The third-order valence-corrected chi connectivity index (χ3v) is 0.968. The third-order valence-electron chi connectivity index (χ3n) is 0.323. The highest BCUT2D eigenvalue weighted by Gasteiger charge is 2.42. The molecule has 0 saturated carbocycles. The summed E-state index contributed by atoms with van der Waals surface area (Å²) >= 11 is 0. The van der Waals surface area contributed by atoms with Gasteiger partial charge in [0.05, 0.1) is 0 Å². The van der Waals surface area contributed by atoms with Crippen molar-refractivity contribution in [1.29, 1.82) is 0 Å². The fourth-order valence-electron chi connectivity index (χ4n) is 0. The van der Waals surface area contributed by atoms with Crippen LogP contribution in [0.3, 0.4) is 0 Å². The van der Waals surface area contributed by atoms with E-state index in [0.29, 0.717) is 0 Å². The summed E-state index contributed by atoms with van der Waals surface area (Å²) in [5.74, 6) is 0. The molecule has 8 heteroatoms. The number of halogens is 4. The predicted molar refractivity (Wildman–Crippen MR) is 26.4 cm³/mol. The molecule has 9 heavy (non-hydrogen) atoms. The zero-order chi connectivity index (χ0) is 7.00. The van der Waals surface area contributed by atoms with Gasteiger partial charge in [-0.3, -0.25) is 0 Å². The third kappa shape index (κ3) is 3.55. The Kier molecular flexibility index (Phi) is 3.54. The first-order chi connectivity index (χ1) is 3.25. The van der Waals surface area contributed by atoms with Gasteiger partial charge in [-0.05, 0) is 0 Å². The van der Waals surface area contributed by atoms with Gasteiger partial charge in [-0.25, -0.2) is 13.6 Å². The highest BCUT2D eigenvalue weighted by Crippen LogP contribution is 2.18. The largest absolute Gasteiger partial charge is 0.511 e. The zero-order valence-electron chi connectivity index (χ0n) is 3.84. The van der Waals surface area contributed by atoms with Crippen LogP contribution in [0.25, 0.3) is 0 Å². The first kappa shape index (κ1) is 11.7. The Morgan fingerprint density at radius 3 is 1.33 bits per heavy atom. The highest BCUT2D eigenvalue weighted by atomic mass is 35.5. The van der Waals surface area contributed by atoms with Crippen LogP contribution in [-0.4, -0.2) is 13.9 Å². The van der Waals surface area contributed by atoms with Gasteiger partial charge in [-0.2, -0.15) is 13.2 Å². The molecule has 0 fully saturated rings. The second-order valence-corrected chi connectivity index (χ2v) is 2.54. The summed E-state index contributed by atoms with van der Waals surface area (Å²) < 4.78 is 51.2. The monoisotopic (exact) mass is 185 g/mol. The van der Waals surface area contributed by atoms with Crippen molar-refractivity contribution in [3.05, 3.63) is 0 Å². The van der Waals surface area contributed by atoms with Crippen molar-refractivity contribution in [2.45, 2.75) is 5.51 Å². The Morgan fingerprint density at radius 1 is 1.22 bits per heavy atom. The van der Waals surface area contributed by atoms with E-state index in [0.717, 1.165) is 0 Å². The van der Waals surface area contributed by atoms with E-state index in [2.05, 4.69) is 5.14 Å². The van der Waals surface area contributed by atoms with Gasteiger partial charge in [0.25, 0.3) is 0 Å². The Morgan fingerprint density at radius 2 is 1.33 bits per heavy atom. The summed E-state index contributed by atoms with van der Waals surface area (Å²) in [4.78, 5) is 0. The molecule has 2 N–H and O–H groups in total. The number of nitrogens with two attached hydrogens (primary N) is 1. The first-order valence-electron chi connectivity index (χ1n) is 1.34. The summed E-state index contributed by atoms with van der Waals surface area (Å²) in [6.07, 6.45) is 0. The molecule has 0 atom stereocenters. The first-order valence-corrected chi connectivity index (χ1v) is 2.89. The number of sulfonamides is 1. The van der Waals surface area contributed by atoms with Crippen molar-refractivity contribution in [3.63, 3.8) is 0 Å². The van der Waals surface area contributed by atoms with E-state index in [9.17, 15) is 21.6 Å². The van der Waals surface area contributed by atoms with Crippen LogP contribution in [0.5, 0.6) is 0 Å². The topological polar surface area (TPSA) is 60.2 Å². The van der Waals surface area contributed by atoms with Crippen molar-refractivity contribution >= 4 is 22.4 Å². The van der Waals surface area contributed by atoms with Gasteiger partial charge < -0.3 is 0 Å². The standard InChI is InChI=1S/CH2F3NO2S.ClH/c2-1(3,4)8(5,6)7;/h(H2,5,6,7);1H. The van der Waals surface area contributed by atoms with E-state index in [1.54, 1.807) is 0 Å². The molecule has 0 bridgehead atoms. The molecule has 0 unspecified atom stereocenters. The van der Waals surface area contributed by atoms with Crippen LogP contribution in [0.2, 0.25) is 0 Å². The molecule has 0 aliphatic carbocycles. The van der Waals surface area contributed by atoms with Gasteiger partial charge in [0.2, 0.25) is 0 Å². The molecule has 58 valence electrons. The minimum atomic E-state index is -5.34. The van der Waals surface area contributed by atoms with Crippen LogP contribution < -0.4 is 5.14 Å². The predicted octanol–water partition coefficient (Wildman–Crippen LogP) is 0.217. The van der Waals surface area contributed by atoms with Gasteiger partial charge in [-0.15, -0.1) is 12.4 Å². The number of primary sulfonamides is 1. The van der Waals surface area contributed by atoms with E-state index in [1.165, 1.54) is 0 Å². The van der Waals surface area contributed by atoms with Crippen LogP contribution in [-0.2, 0) is 10.0 Å². The summed E-state index contributed by atoms with van der Waals surface area (Å²) in [5.41, 5.74) is -5.31. The number of rotatable bonds is 0. The van der Waals surface area contributed by atoms with E-state index in [4.69, 9.17) is 0 Å². The normalized spacial score (nSPS) is 12.4. The van der Waals surface area contributed by atoms with Crippen molar-refractivity contribution in [3.8, 4) is 0 Å². The van der Waals surface area contributed by atoms with Crippen LogP contribution >= 0.6 is 12.4 Å². The quantitative estimate of drug-likeness (QED) is 0.587. The SMILES string of the molecule is Cl.NS(=O)(=O)C(F)(F)F. The van der Waals surface area contributed by atoms with Crippen molar-refractivity contribution in [1.82, 2.24) is 0 Å². The van der Waals surface area contributed by atoms with Crippen LogP contribution in [0.15, 0.2) is 0 Å². The second kappa shape index (κ2) is 2.72. The highest BCUT2D eigenvalue weighted by molar-refractivity contribution is 7.90. The fraction of sp³-hybridized carbons (Fsp3) is 1.00. The fourth-order valence-corrected chi connectivity index (χ4v) is 0. The molecule has 0 saturated heterocycles. The lowest BCUT2D eigenvalue weighted by Gasteiger charge is -1.98. The minimum absolute atomic E-state index is 0. The van der Waals surface area contributed by atoms with Crippen LogP contribution in [0, 0.1) is 0 Å². The van der Waals surface area contributed by atoms with Gasteiger partial charge in [0.1, 0.15) is 0 Å². The van der Waals surface area contributed by atoms with Gasteiger partial charge >= 0.3 is 15.5 Å². The molecule has 0 rings (SSSR count). The van der Waals surface area contributed by atoms with E-state index < -0.39 is 15.5 Å². The summed E-state index contributed by atoms with van der Waals surface area (Å²) in [6.45, 7) is 0. The summed E-state index contributed by atoms with van der Waals surface area (Å²) in [5, 5.41) is 3.66. The number of alkyl halides is 3. The lowest BCUT2D eigenvalue weighted by atomic mass is 11.6. The van der Waals surface area contributed by atoms with Gasteiger partial charge in [-0.1, -0.05) is 0 Å². The van der Waals surface area contributed by atoms with Crippen molar-refractivity contribution in [2.75, 3.05) is 0 Å². The van der Waals surface area contributed by atoms with Crippen LogP contribution in [0.4, 0.5) is 13.2 Å². The van der Waals surface area contributed by atoms with Gasteiger partial charge in [0, 0.05) is 0 Å². The van der Waals surface area contributed by atoms with Crippen molar-refractivity contribution < 1.29 is 21.6 Å². The molecule has 0 aliphatic heterocycles. The van der Waals surface area contributed by atoms with Gasteiger partial charge in [0.15, 0.2) is 0 Å². The molecular formula is CH3ClF3NO2S. The average Bonchev–Trinajstić information content (AvgIpc) is 1.25.